The van der Waals surface area contributed by atoms with Crippen LogP contribution >= 0.6 is 0 Å². The molecule has 1 N–H and O–H groups in total. The van der Waals surface area contributed by atoms with Crippen LogP contribution in [0.1, 0.15) is 28.7 Å². The maximum absolute atomic E-state index is 10.9. The van der Waals surface area contributed by atoms with Crippen molar-refractivity contribution in [2.75, 3.05) is 0 Å². The molecule has 0 amide bonds. The molecule has 0 atom stereocenters. The standard InChI is InChI=1S/C8H11NO4S.Na/c1-5-3-7(6(2)10)9-8(5)4-14(11,12)13;/h3,9H,4H2,1-2H3,(H,11,12,13);/q;+1/p-1. The molecule has 0 aliphatic heterocycles. The number of carbonyl (C=O) groups excluding carboxylic acids is 1. The normalized spacial score (nSPS) is 10.9. The molecule has 15 heavy (non-hydrogen) atoms. The summed E-state index contributed by atoms with van der Waals surface area (Å²) in [4.78, 5) is 13.5. The Hall–Kier alpha value is -0.140. The molecule has 0 bridgehead atoms. The van der Waals surface area contributed by atoms with Crippen LogP contribution < -0.4 is 29.6 Å². The Kier molecular flexibility index (Phi) is 5.22. The molecule has 0 fully saturated rings. The van der Waals surface area contributed by atoms with Gasteiger partial charge in [-0.25, -0.2) is 8.42 Å². The molecular formula is C8H10NNaO4S. The smallest absolute Gasteiger partial charge is 0.748 e. The van der Waals surface area contributed by atoms with E-state index in [4.69, 9.17) is 0 Å². The zero-order chi connectivity index (χ0) is 10.9. The Morgan fingerprint density at radius 2 is 2.07 bits per heavy atom. The van der Waals surface area contributed by atoms with Crippen molar-refractivity contribution in [2.24, 2.45) is 0 Å². The van der Waals surface area contributed by atoms with Crippen LogP contribution in [0.15, 0.2) is 6.07 Å². The predicted molar refractivity (Wildman–Crippen MR) is 48.9 cm³/mol. The zero-order valence-electron chi connectivity index (χ0n) is 8.83. The van der Waals surface area contributed by atoms with E-state index in [9.17, 15) is 17.8 Å². The number of carbonyl (C=O) groups is 1. The number of nitrogens with one attached hydrogen (secondary N) is 1. The molecule has 0 aromatic carbocycles. The fourth-order valence-corrected chi connectivity index (χ4v) is 1.77. The fraction of sp³-hybridized carbons (Fsp3) is 0.375. The van der Waals surface area contributed by atoms with Crippen molar-refractivity contribution >= 4 is 15.9 Å². The second kappa shape index (κ2) is 5.27. The van der Waals surface area contributed by atoms with Gasteiger partial charge in [-0.2, -0.15) is 0 Å². The van der Waals surface area contributed by atoms with E-state index in [2.05, 4.69) is 4.98 Å². The van der Waals surface area contributed by atoms with Gasteiger partial charge in [0.2, 0.25) is 0 Å². The Morgan fingerprint density at radius 3 is 2.40 bits per heavy atom. The van der Waals surface area contributed by atoms with Gasteiger partial charge < -0.3 is 9.54 Å². The van der Waals surface area contributed by atoms with Gasteiger partial charge in [-0.15, -0.1) is 0 Å². The van der Waals surface area contributed by atoms with Gasteiger partial charge in [0, 0.05) is 12.6 Å². The first-order chi connectivity index (χ1) is 6.29. The largest absolute Gasteiger partial charge is 1.00 e. The van der Waals surface area contributed by atoms with E-state index in [1.165, 1.54) is 13.0 Å². The molecule has 78 valence electrons. The number of H-pyrrole nitrogens is 1. The molecular weight excluding hydrogens is 229 g/mol. The van der Waals surface area contributed by atoms with Crippen LogP contribution in [0, 0.1) is 6.92 Å². The number of rotatable bonds is 3. The molecule has 1 aromatic rings. The number of Topliss-reactive ketones (excluding diaryl/α,β-unsaturated/α-hetero) is 1. The van der Waals surface area contributed by atoms with Crippen LogP contribution in [0.2, 0.25) is 0 Å². The molecule has 0 radical (unpaired) electrons. The first-order valence-electron chi connectivity index (χ1n) is 3.92. The van der Waals surface area contributed by atoms with E-state index in [1.807, 2.05) is 0 Å². The van der Waals surface area contributed by atoms with E-state index in [0.29, 0.717) is 11.3 Å². The van der Waals surface area contributed by atoms with Crippen molar-refractivity contribution in [3.63, 3.8) is 0 Å². The summed E-state index contributed by atoms with van der Waals surface area (Å²) in [5, 5.41) is 0. The minimum Gasteiger partial charge on any atom is -0.748 e. The number of aromatic amines is 1. The van der Waals surface area contributed by atoms with Gasteiger partial charge in [0.05, 0.1) is 11.4 Å². The van der Waals surface area contributed by atoms with E-state index < -0.39 is 15.9 Å². The molecule has 1 aromatic heterocycles. The topological polar surface area (TPSA) is 90.1 Å². The van der Waals surface area contributed by atoms with Crippen molar-refractivity contribution in [1.82, 2.24) is 4.98 Å². The summed E-state index contributed by atoms with van der Waals surface area (Å²) in [7, 11) is -4.30. The summed E-state index contributed by atoms with van der Waals surface area (Å²) >= 11 is 0. The van der Waals surface area contributed by atoms with Crippen molar-refractivity contribution < 1.29 is 47.3 Å². The van der Waals surface area contributed by atoms with Crippen LogP contribution in [-0.4, -0.2) is 23.7 Å². The fourth-order valence-electron chi connectivity index (χ4n) is 1.12. The third-order valence-electron chi connectivity index (χ3n) is 1.82. The average molecular weight is 239 g/mol. The molecule has 0 aliphatic carbocycles. The van der Waals surface area contributed by atoms with Crippen LogP contribution in [0.3, 0.4) is 0 Å². The maximum atomic E-state index is 10.9. The molecule has 0 spiro atoms. The zero-order valence-corrected chi connectivity index (χ0v) is 11.6. The molecule has 0 unspecified atom stereocenters. The van der Waals surface area contributed by atoms with Gasteiger partial charge in [0.1, 0.15) is 10.1 Å². The Morgan fingerprint density at radius 1 is 1.53 bits per heavy atom. The second-order valence-electron chi connectivity index (χ2n) is 3.10. The second-order valence-corrected chi connectivity index (χ2v) is 4.51. The summed E-state index contributed by atoms with van der Waals surface area (Å²) in [6.45, 7) is 3.00. The first kappa shape index (κ1) is 14.9. The van der Waals surface area contributed by atoms with Gasteiger partial charge in [-0.05, 0) is 18.6 Å². The van der Waals surface area contributed by atoms with Gasteiger partial charge in [0.25, 0.3) is 0 Å². The molecule has 1 rings (SSSR count). The van der Waals surface area contributed by atoms with Crippen LogP contribution in [-0.2, 0) is 15.9 Å². The summed E-state index contributed by atoms with van der Waals surface area (Å²) in [5.74, 6) is -0.797. The van der Waals surface area contributed by atoms with Crippen LogP contribution in [0.25, 0.3) is 0 Å². The van der Waals surface area contributed by atoms with Crippen LogP contribution in [0.4, 0.5) is 0 Å². The van der Waals surface area contributed by atoms with E-state index in [1.54, 1.807) is 6.92 Å². The molecule has 5 nitrogen and oxygen atoms in total. The molecule has 0 saturated heterocycles. The van der Waals surface area contributed by atoms with E-state index >= 15 is 0 Å². The number of aromatic nitrogens is 1. The summed E-state index contributed by atoms with van der Waals surface area (Å²) < 4.78 is 31.4. The molecule has 1 heterocycles. The number of hydrogen-bond donors (Lipinski definition) is 1. The predicted octanol–water partition coefficient (Wildman–Crippen LogP) is -2.43. The molecule has 0 aliphatic rings. The maximum Gasteiger partial charge on any atom is 1.00 e. The minimum absolute atomic E-state index is 0. The quantitative estimate of drug-likeness (QED) is 0.361. The SMILES string of the molecule is CC(=O)c1cc(C)c(CS(=O)(=O)[O-])[nH]1.[Na+]. The van der Waals surface area contributed by atoms with Crippen molar-refractivity contribution in [2.45, 2.75) is 19.6 Å². The minimum atomic E-state index is -4.30. The van der Waals surface area contributed by atoms with Crippen molar-refractivity contribution in [1.29, 1.82) is 0 Å². The van der Waals surface area contributed by atoms with Gasteiger partial charge in [-0.1, -0.05) is 0 Å². The summed E-state index contributed by atoms with van der Waals surface area (Å²) in [6, 6.07) is 1.53. The molecule has 7 heteroatoms. The third kappa shape index (κ3) is 4.48. The first-order valence-corrected chi connectivity index (χ1v) is 5.50. The van der Waals surface area contributed by atoms with Crippen molar-refractivity contribution in [3.8, 4) is 0 Å². The van der Waals surface area contributed by atoms with Gasteiger partial charge in [0.15, 0.2) is 5.78 Å². The van der Waals surface area contributed by atoms with Gasteiger partial charge in [-0.3, -0.25) is 4.79 Å². The van der Waals surface area contributed by atoms with E-state index in [-0.39, 0.29) is 41.0 Å². The number of aryl methyl sites for hydroxylation is 1. The number of ketones is 1. The Labute approximate surface area is 110 Å². The Balaban J connectivity index is 0.00000196. The van der Waals surface area contributed by atoms with E-state index in [0.717, 1.165) is 0 Å². The van der Waals surface area contributed by atoms with Crippen LogP contribution in [0.5, 0.6) is 0 Å². The summed E-state index contributed by atoms with van der Waals surface area (Å²) in [5.41, 5.74) is 1.21. The van der Waals surface area contributed by atoms with Crippen molar-refractivity contribution in [3.05, 3.63) is 23.0 Å². The number of hydrogen-bond acceptors (Lipinski definition) is 4. The average Bonchev–Trinajstić information content (AvgIpc) is 2.29. The Bertz CT molecular complexity index is 463. The summed E-state index contributed by atoms with van der Waals surface area (Å²) in [6.07, 6.45) is 0. The van der Waals surface area contributed by atoms with Gasteiger partial charge >= 0.3 is 29.6 Å². The monoisotopic (exact) mass is 239 g/mol. The molecule has 0 saturated carbocycles. The third-order valence-corrected chi connectivity index (χ3v) is 2.47.